The summed E-state index contributed by atoms with van der Waals surface area (Å²) >= 11 is 0. The number of carboxylic acids is 1. The van der Waals surface area contributed by atoms with Gasteiger partial charge >= 0.3 is 5.97 Å². The predicted octanol–water partition coefficient (Wildman–Crippen LogP) is 5.53. The molecule has 0 radical (unpaired) electrons. The van der Waals surface area contributed by atoms with Crippen molar-refractivity contribution in [2.45, 2.75) is 69.9 Å². The molecule has 1 amide bonds. The van der Waals surface area contributed by atoms with Gasteiger partial charge < -0.3 is 24.5 Å². The first kappa shape index (κ1) is 25.0. The molecular weight excluding hydrogens is 480 g/mol. The lowest BCUT2D eigenvalue weighted by molar-refractivity contribution is -0.125. The summed E-state index contributed by atoms with van der Waals surface area (Å²) in [7, 11) is 1.67. The predicted molar refractivity (Wildman–Crippen MR) is 146 cm³/mol. The Labute approximate surface area is 223 Å². The standard InChI is InChI=1S/C31H36N2O5/c1-37-23-10-12-25-21(15-23)14-22(30(34)32-17-24-8-5-13-38-24)18-33-27-16-20(31(35)36)9-11-26(27)28(29(25)33)19-6-3-2-4-7-19/h9-12,15-16,19,22,24H,2-8,13-14,17-18H2,1H3,(H,32,34)(H,35,36). The maximum Gasteiger partial charge on any atom is 0.335 e. The van der Waals surface area contributed by atoms with Crippen LogP contribution in [0.2, 0.25) is 0 Å². The molecule has 2 aromatic carbocycles. The molecule has 38 heavy (non-hydrogen) atoms. The van der Waals surface area contributed by atoms with Crippen LogP contribution in [-0.2, 0) is 22.5 Å². The van der Waals surface area contributed by atoms with Gasteiger partial charge in [-0.25, -0.2) is 4.79 Å². The number of carbonyl (C=O) groups is 2. The van der Waals surface area contributed by atoms with Crippen molar-refractivity contribution in [3.8, 4) is 17.0 Å². The summed E-state index contributed by atoms with van der Waals surface area (Å²) in [4.78, 5) is 25.5. The molecule has 2 aliphatic heterocycles. The third-order valence-corrected chi connectivity index (χ3v) is 8.70. The van der Waals surface area contributed by atoms with E-state index in [1.807, 2.05) is 12.1 Å². The van der Waals surface area contributed by atoms with Crippen LogP contribution in [0.3, 0.4) is 0 Å². The van der Waals surface area contributed by atoms with Crippen molar-refractivity contribution in [1.29, 1.82) is 0 Å². The van der Waals surface area contributed by atoms with Crippen molar-refractivity contribution in [2.24, 2.45) is 5.92 Å². The average Bonchev–Trinajstić information content (AvgIpc) is 3.53. The zero-order valence-corrected chi connectivity index (χ0v) is 22.0. The van der Waals surface area contributed by atoms with Crippen LogP contribution >= 0.6 is 0 Å². The van der Waals surface area contributed by atoms with Crippen LogP contribution in [0, 0.1) is 5.92 Å². The number of carboxylic acid groups (broad SMARTS) is 1. The molecule has 3 heterocycles. The molecule has 200 valence electrons. The van der Waals surface area contributed by atoms with Crippen LogP contribution in [0.1, 0.15) is 72.3 Å². The summed E-state index contributed by atoms with van der Waals surface area (Å²) in [5, 5.41) is 14.1. The molecule has 2 atom stereocenters. The Kier molecular flexibility index (Phi) is 6.87. The Hall–Kier alpha value is -3.32. The summed E-state index contributed by atoms with van der Waals surface area (Å²) in [5.41, 5.74) is 5.84. The van der Waals surface area contributed by atoms with Crippen LogP contribution in [0.25, 0.3) is 22.2 Å². The second-order valence-electron chi connectivity index (χ2n) is 11.0. The molecule has 1 saturated carbocycles. The second kappa shape index (κ2) is 10.4. The minimum absolute atomic E-state index is 0.0116. The van der Waals surface area contributed by atoms with Crippen LogP contribution in [0.5, 0.6) is 5.75 Å². The number of aromatic nitrogens is 1. The number of nitrogens with one attached hydrogen (secondary N) is 1. The lowest BCUT2D eigenvalue weighted by Gasteiger charge is -2.24. The Morgan fingerprint density at radius 2 is 1.92 bits per heavy atom. The van der Waals surface area contributed by atoms with Gasteiger partial charge in [-0.05, 0) is 79.5 Å². The third-order valence-electron chi connectivity index (χ3n) is 8.70. The summed E-state index contributed by atoms with van der Waals surface area (Å²) in [6.45, 7) is 1.78. The highest BCUT2D eigenvalue weighted by molar-refractivity contribution is 5.99. The van der Waals surface area contributed by atoms with E-state index in [0.717, 1.165) is 65.8 Å². The van der Waals surface area contributed by atoms with Gasteiger partial charge in [-0.3, -0.25) is 4.79 Å². The fraction of sp³-hybridized carbons (Fsp3) is 0.484. The van der Waals surface area contributed by atoms with Crippen molar-refractivity contribution in [3.05, 3.63) is 53.1 Å². The molecule has 2 unspecified atom stereocenters. The summed E-state index contributed by atoms with van der Waals surface area (Å²) in [5.74, 6) is -0.0344. The van der Waals surface area contributed by atoms with E-state index in [4.69, 9.17) is 9.47 Å². The molecular formula is C31H36N2O5. The Morgan fingerprint density at radius 3 is 2.66 bits per heavy atom. The number of amides is 1. The number of hydrogen-bond acceptors (Lipinski definition) is 4. The molecule has 7 heteroatoms. The number of rotatable bonds is 6. The van der Waals surface area contributed by atoms with Gasteiger partial charge in [-0.1, -0.05) is 25.3 Å². The van der Waals surface area contributed by atoms with Crippen LogP contribution < -0.4 is 10.1 Å². The number of carbonyl (C=O) groups excluding carboxylic acids is 1. The monoisotopic (exact) mass is 516 g/mol. The number of benzene rings is 2. The number of nitrogens with zero attached hydrogens (tertiary/aromatic N) is 1. The fourth-order valence-electron chi connectivity index (χ4n) is 6.78. The number of hydrogen-bond donors (Lipinski definition) is 2. The van der Waals surface area contributed by atoms with Crippen molar-refractivity contribution < 1.29 is 24.2 Å². The lowest BCUT2D eigenvalue weighted by atomic mass is 9.81. The number of ether oxygens (including phenoxy) is 2. The minimum atomic E-state index is -0.939. The summed E-state index contributed by atoms with van der Waals surface area (Å²) in [6.07, 6.45) is 8.60. The first-order valence-electron chi connectivity index (χ1n) is 14.0. The number of aromatic carboxylic acids is 1. The van der Waals surface area contributed by atoms with Gasteiger partial charge in [-0.15, -0.1) is 0 Å². The van der Waals surface area contributed by atoms with Gasteiger partial charge in [0.1, 0.15) is 5.75 Å². The lowest BCUT2D eigenvalue weighted by Crippen LogP contribution is -2.38. The molecule has 1 saturated heterocycles. The van der Waals surface area contributed by atoms with Crippen molar-refractivity contribution >= 4 is 22.8 Å². The Balaban J connectivity index is 1.51. The van der Waals surface area contributed by atoms with E-state index < -0.39 is 5.97 Å². The highest BCUT2D eigenvalue weighted by Gasteiger charge is 2.33. The Bertz CT molecular complexity index is 1360. The van der Waals surface area contributed by atoms with Gasteiger partial charge in [0.05, 0.1) is 30.4 Å². The van der Waals surface area contributed by atoms with Crippen LogP contribution in [0.15, 0.2) is 36.4 Å². The maximum atomic E-state index is 13.6. The molecule has 3 aliphatic rings. The van der Waals surface area contributed by atoms with Gasteiger partial charge in [0, 0.05) is 36.2 Å². The maximum absolute atomic E-state index is 13.6. The molecule has 7 nitrogen and oxygen atoms in total. The van der Waals surface area contributed by atoms with Gasteiger partial charge in [0.2, 0.25) is 5.91 Å². The minimum Gasteiger partial charge on any atom is -0.497 e. The highest BCUT2D eigenvalue weighted by atomic mass is 16.5. The summed E-state index contributed by atoms with van der Waals surface area (Å²) in [6, 6.07) is 11.7. The smallest absolute Gasteiger partial charge is 0.335 e. The van der Waals surface area contributed by atoms with Crippen molar-refractivity contribution in [1.82, 2.24) is 9.88 Å². The van der Waals surface area contributed by atoms with E-state index in [1.165, 1.54) is 24.8 Å². The van der Waals surface area contributed by atoms with Gasteiger partial charge in [0.25, 0.3) is 0 Å². The molecule has 1 aliphatic carbocycles. The van der Waals surface area contributed by atoms with E-state index in [1.54, 1.807) is 19.2 Å². The molecule has 6 rings (SSSR count). The third kappa shape index (κ3) is 4.57. The number of methoxy groups -OCH3 is 1. The molecule has 1 aromatic heterocycles. The first-order chi connectivity index (χ1) is 18.5. The average molecular weight is 517 g/mol. The zero-order chi connectivity index (χ0) is 26.2. The Morgan fingerprint density at radius 1 is 1.08 bits per heavy atom. The van der Waals surface area contributed by atoms with E-state index in [2.05, 4.69) is 22.0 Å². The van der Waals surface area contributed by atoms with Crippen molar-refractivity contribution in [3.63, 3.8) is 0 Å². The SMILES string of the molecule is COc1ccc2c(c1)CC(C(=O)NCC1CCCO1)Cn1c-2c(C2CCCCC2)c2ccc(C(=O)O)cc21. The summed E-state index contributed by atoms with van der Waals surface area (Å²) < 4.78 is 13.5. The molecule has 3 aromatic rings. The van der Waals surface area contributed by atoms with Crippen molar-refractivity contribution in [2.75, 3.05) is 20.3 Å². The van der Waals surface area contributed by atoms with Gasteiger partial charge in [-0.2, -0.15) is 0 Å². The molecule has 2 N–H and O–H groups in total. The second-order valence-corrected chi connectivity index (χ2v) is 11.0. The normalized spacial score (nSPS) is 21.5. The van der Waals surface area contributed by atoms with E-state index in [-0.39, 0.29) is 23.5 Å². The first-order valence-corrected chi connectivity index (χ1v) is 14.0. The molecule has 0 spiro atoms. The number of fused-ring (bicyclic) bond motifs is 5. The molecule has 2 fully saturated rings. The van der Waals surface area contributed by atoms with E-state index in [9.17, 15) is 14.7 Å². The largest absolute Gasteiger partial charge is 0.497 e. The van der Waals surface area contributed by atoms with E-state index >= 15 is 0 Å². The quantitative estimate of drug-likeness (QED) is 0.450. The van der Waals surface area contributed by atoms with E-state index in [0.29, 0.717) is 25.4 Å². The van der Waals surface area contributed by atoms with Crippen LogP contribution in [0.4, 0.5) is 0 Å². The topological polar surface area (TPSA) is 89.8 Å². The van der Waals surface area contributed by atoms with Crippen LogP contribution in [-0.4, -0.2) is 47.9 Å². The molecule has 0 bridgehead atoms. The highest BCUT2D eigenvalue weighted by Crippen LogP contribution is 2.47. The van der Waals surface area contributed by atoms with Gasteiger partial charge in [0.15, 0.2) is 0 Å². The fourth-order valence-corrected chi connectivity index (χ4v) is 6.78. The zero-order valence-electron chi connectivity index (χ0n) is 22.0.